The van der Waals surface area contributed by atoms with E-state index >= 15 is 0 Å². The second-order valence-electron chi connectivity index (χ2n) is 2.94. The molecular formula is C10H7ClINS. The third kappa shape index (κ3) is 2.10. The summed E-state index contributed by atoms with van der Waals surface area (Å²) in [5.41, 5.74) is 2.23. The van der Waals surface area contributed by atoms with Crippen LogP contribution in [0.3, 0.4) is 0 Å². The van der Waals surface area contributed by atoms with Crippen LogP contribution in [0, 0.1) is 10.6 Å². The van der Waals surface area contributed by atoms with E-state index in [-0.39, 0.29) is 0 Å². The molecule has 2 aromatic rings. The molecule has 0 aliphatic carbocycles. The number of nitrogens with zero attached hydrogens (tertiary/aromatic N) is 1. The van der Waals surface area contributed by atoms with E-state index < -0.39 is 0 Å². The maximum Gasteiger partial charge on any atom is 0.124 e. The fraction of sp³-hybridized carbons (Fsp3) is 0.100. The van der Waals surface area contributed by atoms with E-state index in [1.54, 1.807) is 11.3 Å². The average molecular weight is 336 g/mol. The van der Waals surface area contributed by atoms with Crippen LogP contribution in [0.2, 0.25) is 5.02 Å². The molecule has 0 saturated heterocycles. The second-order valence-corrected chi connectivity index (χ2v) is 5.31. The lowest BCUT2D eigenvalue weighted by Gasteiger charge is -2.00. The van der Waals surface area contributed by atoms with Crippen molar-refractivity contribution in [2.75, 3.05) is 0 Å². The van der Waals surface area contributed by atoms with Gasteiger partial charge in [0.15, 0.2) is 0 Å². The van der Waals surface area contributed by atoms with Gasteiger partial charge >= 0.3 is 0 Å². The largest absolute Gasteiger partial charge is 0.230 e. The molecule has 2 rings (SSSR count). The minimum absolute atomic E-state index is 0.806. The Labute approximate surface area is 105 Å². The Morgan fingerprint density at radius 2 is 2.21 bits per heavy atom. The van der Waals surface area contributed by atoms with Crippen molar-refractivity contribution in [2.45, 2.75) is 6.92 Å². The summed E-state index contributed by atoms with van der Waals surface area (Å²) in [6, 6.07) is 5.99. The van der Waals surface area contributed by atoms with Gasteiger partial charge in [0.25, 0.3) is 0 Å². The molecule has 0 radical (unpaired) electrons. The van der Waals surface area contributed by atoms with Crippen LogP contribution >= 0.6 is 45.5 Å². The molecule has 0 N–H and O–H groups in total. The van der Waals surface area contributed by atoms with Gasteiger partial charge in [-0.3, -0.25) is 0 Å². The molecule has 0 fully saturated rings. The van der Waals surface area contributed by atoms with Crippen molar-refractivity contribution in [3.05, 3.63) is 37.9 Å². The first kappa shape index (κ1) is 10.4. The number of benzene rings is 1. The summed E-state index contributed by atoms with van der Waals surface area (Å²) >= 11 is 9.83. The number of aromatic nitrogens is 1. The quantitative estimate of drug-likeness (QED) is 0.705. The van der Waals surface area contributed by atoms with Gasteiger partial charge in [0.1, 0.15) is 8.71 Å². The lowest BCUT2D eigenvalue weighted by molar-refractivity contribution is 1.35. The number of aryl methyl sites for hydroxylation is 1. The third-order valence-electron chi connectivity index (χ3n) is 1.88. The van der Waals surface area contributed by atoms with Crippen LogP contribution in [0.15, 0.2) is 23.6 Å². The van der Waals surface area contributed by atoms with Gasteiger partial charge in [0, 0.05) is 16.0 Å². The van der Waals surface area contributed by atoms with Crippen molar-refractivity contribution in [3.63, 3.8) is 0 Å². The number of hydrogen-bond donors (Lipinski definition) is 0. The molecular weight excluding hydrogens is 329 g/mol. The third-order valence-corrected chi connectivity index (χ3v) is 4.17. The van der Waals surface area contributed by atoms with Crippen molar-refractivity contribution in [1.29, 1.82) is 0 Å². The van der Waals surface area contributed by atoms with Crippen molar-refractivity contribution >= 4 is 45.5 Å². The molecule has 4 heteroatoms. The van der Waals surface area contributed by atoms with Gasteiger partial charge in [-0.05, 0) is 47.2 Å². The average Bonchev–Trinajstić information content (AvgIpc) is 2.57. The normalized spacial score (nSPS) is 10.5. The van der Waals surface area contributed by atoms with E-state index in [2.05, 4.69) is 33.6 Å². The maximum absolute atomic E-state index is 5.95. The van der Waals surface area contributed by atoms with Crippen LogP contribution in [0.5, 0.6) is 0 Å². The van der Waals surface area contributed by atoms with E-state index in [1.807, 2.05) is 24.4 Å². The molecule has 72 valence electrons. The van der Waals surface area contributed by atoms with E-state index in [0.717, 1.165) is 24.9 Å². The summed E-state index contributed by atoms with van der Waals surface area (Å²) in [5.74, 6) is 0. The van der Waals surface area contributed by atoms with E-state index in [0.29, 0.717) is 0 Å². The summed E-state index contributed by atoms with van der Waals surface area (Å²) in [6.07, 6.45) is 0. The molecule has 0 bridgehead atoms. The lowest BCUT2D eigenvalue weighted by atomic mass is 10.1. The first-order chi connectivity index (χ1) is 6.66. The SMILES string of the molecule is Cc1cc(-c2nc(I)cs2)ccc1Cl. The van der Waals surface area contributed by atoms with E-state index in [1.165, 1.54) is 0 Å². The monoisotopic (exact) mass is 335 g/mol. The Hall–Kier alpha value is -0.130. The number of thiazole rings is 1. The van der Waals surface area contributed by atoms with E-state index in [9.17, 15) is 0 Å². The summed E-state index contributed by atoms with van der Waals surface area (Å²) < 4.78 is 1.04. The predicted octanol–water partition coefficient (Wildman–Crippen LogP) is 4.38. The first-order valence-corrected chi connectivity index (χ1v) is 6.38. The standard InChI is InChI=1S/C10H7ClINS/c1-6-4-7(2-3-8(6)11)10-13-9(12)5-14-10/h2-5H,1H3. The van der Waals surface area contributed by atoms with Gasteiger partial charge in [0.2, 0.25) is 0 Å². The van der Waals surface area contributed by atoms with Crippen molar-refractivity contribution in [2.24, 2.45) is 0 Å². The maximum atomic E-state index is 5.95. The molecule has 0 spiro atoms. The molecule has 1 heterocycles. The van der Waals surface area contributed by atoms with Gasteiger partial charge < -0.3 is 0 Å². The molecule has 0 atom stereocenters. The molecule has 0 unspecified atom stereocenters. The Morgan fingerprint density at radius 3 is 2.79 bits per heavy atom. The first-order valence-electron chi connectivity index (χ1n) is 4.04. The summed E-state index contributed by atoms with van der Waals surface area (Å²) in [7, 11) is 0. The highest BCUT2D eigenvalue weighted by Gasteiger charge is 2.04. The smallest absolute Gasteiger partial charge is 0.124 e. The van der Waals surface area contributed by atoms with Crippen molar-refractivity contribution in [3.8, 4) is 10.6 Å². The highest BCUT2D eigenvalue weighted by atomic mass is 127. The summed E-state index contributed by atoms with van der Waals surface area (Å²) in [4.78, 5) is 4.41. The molecule has 0 amide bonds. The molecule has 14 heavy (non-hydrogen) atoms. The van der Waals surface area contributed by atoms with Crippen LogP contribution in [0.25, 0.3) is 10.6 Å². The van der Waals surface area contributed by atoms with Gasteiger partial charge in [-0.25, -0.2) is 4.98 Å². The van der Waals surface area contributed by atoms with Crippen LogP contribution < -0.4 is 0 Å². The minimum Gasteiger partial charge on any atom is -0.230 e. The van der Waals surface area contributed by atoms with Crippen molar-refractivity contribution < 1.29 is 0 Å². The van der Waals surface area contributed by atoms with Crippen molar-refractivity contribution in [1.82, 2.24) is 4.98 Å². The van der Waals surface area contributed by atoms with Gasteiger partial charge in [-0.1, -0.05) is 17.7 Å². The number of hydrogen-bond acceptors (Lipinski definition) is 2. The Bertz CT molecular complexity index is 467. The molecule has 0 aliphatic rings. The molecule has 1 nitrogen and oxygen atoms in total. The summed E-state index contributed by atoms with van der Waals surface area (Å²) in [5, 5.41) is 3.90. The molecule has 0 saturated carbocycles. The van der Waals surface area contributed by atoms with E-state index in [4.69, 9.17) is 11.6 Å². The zero-order chi connectivity index (χ0) is 10.1. The highest BCUT2D eigenvalue weighted by molar-refractivity contribution is 14.1. The molecule has 1 aromatic heterocycles. The van der Waals surface area contributed by atoms with Crippen LogP contribution in [-0.2, 0) is 0 Å². The Morgan fingerprint density at radius 1 is 1.43 bits per heavy atom. The predicted molar refractivity (Wildman–Crippen MR) is 70.0 cm³/mol. The van der Waals surface area contributed by atoms with Crippen LogP contribution in [0.1, 0.15) is 5.56 Å². The fourth-order valence-corrected chi connectivity index (χ4v) is 2.74. The Kier molecular flexibility index (Phi) is 3.09. The highest BCUT2D eigenvalue weighted by Crippen LogP contribution is 2.27. The molecule has 0 aliphatic heterocycles. The van der Waals surface area contributed by atoms with Crippen LogP contribution in [0.4, 0.5) is 0 Å². The Balaban J connectivity index is 2.47. The van der Waals surface area contributed by atoms with Gasteiger partial charge in [-0.2, -0.15) is 0 Å². The number of rotatable bonds is 1. The second kappa shape index (κ2) is 4.16. The van der Waals surface area contributed by atoms with Crippen LogP contribution in [-0.4, -0.2) is 4.98 Å². The summed E-state index contributed by atoms with van der Waals surface area (Å²) in [6.45, 7) is 2.00. The van der Waals surface area contributed by atoms with Gasteiger partial charge in [-0.15, -0.1) is 11.3 Å². The minimum atomic E-state index is 0.806. The zero-order valence-electron chi connectivity index (χ0n) is 7.42. The zero-order valence-corrected chi connectivity index (χ0v) is 11.2. The number of halogens is 2. The topological polar surface area (TPSA) is 12.9 Å². The lowest BCUT2D eigenvalue weighted by Crippen LogP contribution is -1.80. The fourth-order valence-electron chi connectivity index (χ4n) is 1.16. The van der Waals surface area contributed by atoms with Gasteiger partial charge in [0.05, 0.1) is 0 Å². The molecule has 1 aromatic carbocycles.